The van der Waals surface area contributed by atoms with E-state index in [1.54, 1.807) is 24.3 Å². The molecule has 0 spiro atoms. The zero-order valence-corrected chi connectivity index (χ0v) is 22.4. The van der Waals surface area contributed by atoms with Crippen LogP contribution in [0.25, 0.3) is 10.8 Å². The van der Waals surface area contributed by atoms with Crippen molar-refractivity contribution in [3.8, 4) is 5.75 Å². The number of halogens is 4. The average molecular weight is 604 g/mol. The predicted octanol–water partition coefficient (Wildman–Crippen LogP) is 3.18. The number of nitrogens with zero attached hydrogens (tertiary/aromatic N) is 1. The molecule has 0 bridgehead atoms. The number of carbonyl (C=O) groups excluding carboxylic acids is 4. The molecule has 1 fully saturated rings. The number of likely N-dealkylation sites (tertiary alicyclic amines) is 1. The second-order valence-corrected chi connectivity index (χ2v) is 9.76. The molecule has 43 heavy (non-hydrogen) atoms. The molecule has 0 saturated carbocycles. The minimum Gasteiger partial charge on any atom is -0.481 e. The van der Waals surface area contributed by atoms with E-state index in [2.05, 4.69) is 15.4 Å². The Labute approximate surface area is 241 Å². The smallest absolute Gasteiger partial charge is 0.313 e. The maximum absolute atomic E-state index is 13.8. The summed E-state index contributed by atoms with van der Waals surface area (Å²) in [5.41, 5.74) is 0.455. The third kappa shape index (κ3) is 7.26. The van der Waals surface area contributed by atoms with Crippen molar-refractivity contribution in [3.05, 3.63) is 71.8 Å². The fraction of sp³-hybridized carbons (Fsp3) is 0.276. The van der Waals surface area contributed by atoms with Gasteiger partial charge >= 0.3 is 17.8 Å². The number of ether oxygens (including phenoxy) is 1. The summed E-state index contributed by atoms with van der Waals surface area (Å²) < 4.78 is 59.1. The summed E-state index contributed by atoms with van der Waals surface area (Å²) in [6.07, 6.45) is -0.743. The van der Waals surface area contributed by atoms with Crippen LogP contribution < -0.4 is 15.4 Å². The highest BCUT2D eigenvalue weighted by Crippen LogP contribution is 2.27. The van der Waals surface area contributed by atoms with Crippen molar-refractivity contribution in [1.29, 1.82) is 0 Å². The Kier molecular flexibility index (Phi) is 9.58. The number of anilines is 1. The predicted molar refractivity (Wildman–Crippen MR) is 143 cm³/mol. The number of hydrogen-bond acceptors (Lipinski definition) is 6. The van der Waals surface area contributed by atoms with Crippen LogP contribution in [0.5, 0.6) is 5.75 Å². The average Bonchev–Trinajstić information content (AvgIpc) is 2.99. The van der Waals surface area contributed by atoms with Crippen molar-refractivity contribution in [1.82, 2.24) is 10.2 Å². The van der Waals surface area contributed by atoms with Gasteiger partial charge in [0.25, 0.3) is 0 Å². The first-order valence-electron chi connectivity index (χ1n) is 13.0. The Bertz CT molecular complexity index is 1560. The van der Waals surface area contributed by atoms with Crippen LogP contribution >= 0.6 is 0 Å². The van der Waals surface area contributed by atoms with Crippen LogP contribution in [-0.2, 0) is 24.0 Å². The number of fused-ring (bicyclic) bond motifs is 1. The van der Waals surface area contributed by atoms with E-state index in [1.165, 1.54) is 4.90 Å². The van der Waals surface area contributed by atoms with Crippen LogP contribution in [0.3, 0.4) is 0 Å². The molecule has 0 aliphatic carbocycles. The number of nitrogens with one attached hydrogen (secondary N) is 2. The van der Waals surface area contributed by atoms with Gasteiger partial charge in [-0.05, 0) is 24.3 Å². The van der Waals surface area contributed by atoms with Gasteiger partial charge in [-0.3, -0.25) is 24.0 Å². The number of ketones is 1. The van der Waals surface area contributed by atoms with E-state index < -0.39 is 83.5 Å². The van der Waals surface area contributed by atoms with Gasteiger partial charge in [0.1, 0.15) is 12.6 Å². The normalized spacial score (nSPS) is 14.2. The first-order chi connectivity index (χ1) is 20.5. The SMILES string of the molecule is O=C(O)C[C@H](NC(=O)C1CCN(C(=O)C(=O)Nc2cccc3ccccc23)CC1)C(=O)COc1c(F)c(F)cc(F)c1F. The van der Waals surface area contributed by atoms with Gasteiger partial charge in [-0.15, -0.1) is 0 Å². The summed E-state index contributed by atoms with van der Waals surface area (Å²) >= 11 is 0. The molecule has 1 aliphatic heterocycles. The number of amides is 3. The number of benzene rings is 3. The number of rotatable bonds is 9. The maximum Gasteiger partial charge on any atom is 0.313 e. The number of carboxylic acids is 1. The first kappa shape index (κ1) is 30.9. The highest BCUT2D eigenvalue weighted by molar-refractivity contribution is 6.40. The summed E-state index contributed by atoms with van der Waals surface area (Å²) in [6.45, 7) is -1.16. The standard InChI is InChI=1S/C29H25F4N3O7/c30-18-12-19(31)25(33)26(24(18)32)43-14-22(37)21(13-23(38)39)35-27(40)16-8-10-36(11-9-16)29(42)28(41)34-20-7-3-5-15-4-1-2-6-17(15)20/h1-7,12,16,21H,8-11,13-14H2,(H,34,41)(H,35,40)(H,38,39)/t21-/m0/s1. The Hall–Kier alpha value is -5.01. The molecule has 4 rings (SSSR count). The number of carbonyl (C=O) groups is 5. The molecule has 3 aromatic carbocycles. The zero-order valence-electron chi connectivity index (χ0n) is 22.4. The van der Waals surface area contributed by atoms with E-state index in [9.17, 15) is 41.5 Å². The number of Topliss-reactive ketones (excluding diaryl/α,β-unsaturated/α-hetero) is 1. The molecule has 0 radical (unpaired) electrons. The fourth-order valence-electron chi connectivity index (χ4n) is 4.63. The monoisotopic (exact) mass is 603 g/mol. The van der Waals surface area contributed by atoms with Crippen LogP contribution in [0, 0.1) is 29.2 Å². The largest absolute Gasteiger partial charge is 0.481 e. The molecule has 1 aliphatic rings. The Balaban J connectivity index is 1.32. The lowest BCUT2D eigenvalue weighted by molar-refractivity contribution is -0.145. The van der Waals surface area contributed by atoms with Crippen molar-refractivity contribution in [2.24, 2.45) is 5.92 Å². The maximum atomic E-state index is 13.8. The van der Waals surface area contributed by atoms with Gasteiger partial charge in [-0.1, -0.05) is 36.4 Å². The topological polar surface area (TPSA) is 142 Å². The number of hydrogen-bond donors (Lipinski definition) is 3. The molecule has 1 heterocycles. The summed E-state index contributed by atoms with van der Waals surface area (Å²) in [4.78, 5) is 63.4. The Morgan fingerprint density at radius 2 is 1.56 bits per heavy atom. The lowest BCUT2D eigenvalue weighted by Gasteiger charge is -2.31. The fourth-order valence-corrected chi connectivity index (χ4v) is 4.63. The molecular weight excluding hydrogens is 578 g/mol. The molecule has 1 atom stereocenters. The van der Waals surface area contributed by atoms with Gasteiger partial charge in [0, 0.05) is 36.1 Å². The lowest BCUT2D eigenvalue weighted by atomic mass is 9.95. The van der Waals surface area contributed by atoms with E-state index >= 15 is 0 Å². The molecule has 1 saturated heterocycles. The van der Waals surface area contributed by atoms with Gasteiger partial charge < -0.3 is 25.4 Å². The molecule has 0 unspecified atom stereocenters. The molecule has 10 nitrogen and oxygen atoms in total. The van der Waals surface area contributed by atoms with E-state index in [0.717, 1.165) is 10.8 Å². The van der Waals surface area contributed by atoms with Gasteiger partial charge in [0.2, 0.25) is 17.5 Å². The van der Waals surface area contributed by atoms with Crippen LogP contribution in [0.15, 0.2) is 48.5 Å². The minimum absolute atomic E-state index is 0.0181. The number of aliphatic carboxylic acids is 1. The minimum atomic E-state index is -1.89. The van der Waals surface area contributed by atoms with E-state index in [-0.39, 0.29) is 32.0 Å². The van der Waals surface area contributed by atoms with Gasteiger partial charge in [0.05, 0.1) is 6.42 Å². The number of piperidine rings is 1. The molecule has 14 heteroatoms. The summed E-state index contributed by atoms with van der Waals surface area (Å²) in [6, 6.07) is 10.8. The molecule has 0 aromatic heterocycles. The Morgan fingerprint density at radius 1 is 0.930 bits per heavy atom. The third-order valence-electron chi connectivity index (χ3n) is 6.90. The van der Waals surface area contributed by atoms with Crippen LogP contribution in [0.4, 0.5) is 23.2 Å². The van der Waals surface area contributed by atoms with Crippen LogP contribution in [0.2, 0.25) is 0 Å². The third-order valence-corrected chi connectivity index (χ3v) is 6.90. The van der Waals surface area contributed by atoms with Crippen molar-refractivity contribution < 1.29 is 51.4 Å². The van der Waals surface area contributed by atoms with E-state index in [4.69, 9.17) is 5.11 Å². The molecule has 226 valence electrons. The van der Waals surface area contributed by atoms with E-state index in [1.807, 2.05) is 18.2 Å². The molecule has 3 aromatic rings. The van der Waals surface area contributed by atoms with Gasteiger partial charge in [-0.25, -0.2) is 8.78 Å². The molecule has 3 N–H and O–H groups in total. The summed E-state index contributed by atoms with van der Waals surface area (Å²) in [5, 5.41) is 15.6. The van der Waals surface area contributed by atoms with Crippen molar-refractivity contribution in [3.63, 3.8) is 0 Å². The zero-order chi connectivity index (χ0) is 31.3. The van der Waals surface area contributed by atoms with Crippen LogP contribution in [-0.4, -0.2) is 65.2 Å². The highest BCUT2D eigenvalue weighted by Gasteiger charge is 2.33. The van der Waals surface area contributed by atoms with Gasteiger partial charge in [0.15, 0.2) is 23.2 Å². The quantitative estimate of drug-likeness (QED) is 0.194. The van der Waals surface area contributed by atoms with E-state index in [0.29, 0.717) is 5.69 Å². The van der Waals surface area contributed by atoms with Crippen molar-refractivity contribution in [2.75, 3.05) is 25.0 Å². The van der Waals surface area contributed by atoms with Crippen molar-refractivity contribution >= 4 is 45.9 Å². The second-order valence-electron chi connectivity index (χ2n) is 9.76. The lowest BCUT2D eigenvalue weighted by Crippen LogP contribution is -2.50. The Morgan fingerprint density at radius 3 is 2.21 bits per heavy atom. The first-order valence-corrected chi connectivity index (χ1v) is 13.0. The van der Waals surface area contributed by atoms with Crippen LogP contribution in [0.1, 0.15) is 19.3 Å². The van der Waals surface area contributed by atoms with Gasteiger partial charge in [-0.2, -0.15) is 8.78 Å². The second kappa shape index (κ2) is 13.3. The van der Waals surface area contributed by atoms with Crippen molar-refractivity contribution in [2.45, 2.75) is 25.3 Å². The summed E-state index contributed by atoms with van der Waals surface area (Å²) in [5.74, 6) is -14.6. The summed E-state index contributed by atoms with van der Waals surface area (Å²) in [7, 11) is 0. The number of carboxylic acid groups (broad SMARTS) is 1. The molecular formula is C29H25F4N3O7. The molecule has 3 amide bonds. The highest BCUT2D eigenvalue weighted by atomic mass is 19.2.